The SMILES string of the molecule is Cc1ccc(-c2ccc3c(c2)c2cc(-c4ccc(C)cc4C)ccc2n3-c2cc(C(F)(F)F)c(-n3c4ccc(-c5ccc(C(F)(F)F)cc5C(F)(F)F)cc4c4cc(-c5ccc(C(F)(F)F)cc5C(F)(F)F)ccc43)cc2-c2cccc(C#N)c2)c(C)c1. The number of halogens is 15. The number of alkyl halides is 15. The summed E-state index contributed by atoms with van der Waals surface area (Å²) in [6, 6.07) is 41.7. The molecule has 0 aliphatic heterocycles. The monoisotopic (exact) mass is 1210 g/mol. The molecule has 0 amide bonds. The molecule has 0 aliphatic rings. The summed E-state index contributed by atoms with van der Waals surface area (Å²) in [5, 5.41) is 11.1. The average Bonchev–Trinajstić information content (AvgIpc) is 1.57. The Morgan fingerprint density at radius 1 is 0.307 bits per heavy atom. The van der Waals surface area contributed by atoms with Gasteiger partial charge in [0.05, 0.1) is 72.9 Å². The highest BCUT2D eigenvalue weighted by Gasteiger charge is 2.41. The maximum Gasteiger partial charge on any atom is 0.418 e. The second kappa shape index (κ2) is 20.7. The number of aryl methyl sites for hydroxylation is 4. The van der Waals surface area contributed by atoms with Crippen molar-refractivity contribution in [2.24, 2.45) is 0 Å². The van der Waals surface area contributed by atoms with E-state index < -0.39 is 86.6 Å². The Labute approximate surface area is 491 Å². The third-order valence-electron chi connectivity index (χ3n) is 16.0. The molecule has 0 radical (unpaired) electrons. The molecule has 0 N–H and O–H groups in total. The minimum Gasteiger partial charge on any atom is -0.309 e. The van der Waals surface area contributed by atoms with Crippen LogP contribution in [0.1, 0.15) is 55.6 Å². The molecule has 0 saturated carbocycles. The molecule has 12 aromatic rings. The van der Waals surface area contributed by atoms with Crippen LogP contribution in [-0.4, -0.2) is 9.13 Å². The molecular weight excluding hydrogens is 1170 g/mol. The fourth-order valence-corrected chi connectivity index (χ4v) is 12.1. The van der Waals surface area contributed by atoms with Crippen molar-refractivity contribution in [2.75, 3.05) is 0 Å². The molecule has 0 atom stereocenters. The van der Waals surface area contributed by atoms with Crippen LogP contribution < -0.4 is 0 Å². The van der Waals surface area contributed by atoms with Crippen LogP contribution >= 0.6 is 0 Å². The summed E-state index contributed by atoms with van der Waals surface area (Å²) in [6.45, 7) is 7.87. The molecule has 88 heavy (non-hydrogen) atoms. The Hall–Kier alpha value is -9.76. The van der Waals surface area contributed by atoms with E-state index in [1.54, 1.807) is 22.8 Å². The summed E-state index contributed by atoms with van der Waals surface area (Å²) in [5.74, 6) is 0. The second-order valence-corrected chi connectivity index (χ2v) is 21.8. The van der Waals surface area contributed by atoms with Gasteiger partial charge in [-0.2, -0.15) is 71.1 Å². The van der Waals surface area contributed by atoms with Gasteiger partial charge in [-0.25, -0.2) is 0 Å². The van der Waals surface area contributed by atoms with E-state index in [-0.39, 0.29) is 56.3 Å². The van der Waals surface area contributed by atoms with Gasteiger partial charge in [-0.15, -0.1) is 0 Å². The summed E-state index contributed by atoms with van der Waals surface area (Å²) < 4.78 is 225. The first-order valence-corrected chi connectivity index (χ1v) is 27.0. The molecule has 12 rings (SSSR count). The Morgan fingerprint density at radius 3 is 1.03 bits per heavy atom. The molecule has 0 saturated heterocycles. The van der Waals surface area contributed by atoms with Crippen LogP contribution in [0.15, 0.2) is 182 Å². The predicted octanol–water partition coefficient (Wildman–Crippen LogP) is 22.4. The van der Waals surface area contributed by atoms with Gasteiger partial charge in [0.15, 0.2) is 0 Å². The van der Waals surface area contributed by atoms with E-state index in [4.69, 9.17) is 0 Å². The van der Waals surface area contributed by atoms with E-state index in [1.165, 1.54) is 24.3 Å². The molecular formula is C70H42F15N3. The van der Waals surface area contributed by atoms with E-state index >= 15 is 13.2 Å². The van der Waals surface area contributed by atoms with Crippen LogP contribution in [-0.2, 0) is 30.9 Å². The van der Waals surface area contributed by atoms with Gasteiger partial charge >= 0.3 is 30.9 Å². The number of hydrogen-bond donors (Lipinski definition) is 0. The van der Waals surface area contributed by atoms with E-state index in [0.717, 1.165) is 91.5 Å². The van der Waals surface area contributed by atoms with Crippen molar-refractivity contribution in [1.82, 2.24) is 9.13 Å². The van der Waals surface area contributed by atoms with Gasteiger partial charge in [0, 0.05) is 27.1 Å². The van der Waals surface area contributed by atoms with Crippen molar-refractivity contribution in [1.29, 1.82) is 5.26 Å². The summed E-state index contributed by atoms with van der Waals surface area (Å²) >= 11 is 0. The van der Waals surface area contributed by atoms with Gasteiger partial charge in [0.2, 0.25) is 0 Å². The highest BCUT2D eigenvalue weighted by molar-refractivity contribution is 6.14. The maximum absolute atomic E-state index is 16.6. The minimum absolute atomic E-state index is 0.0287. The normalized spacial score (nSPS) is 12.7. The Kier molecular flexibility index (Phi) is 13.8. The van der Waals surface area contributed by atoms with Gasteiger partial charge in [-0.3, -0.25) is 0 Å². The number of fused-ring (bicyclic) bond motifs is 6. The molecule has 0 fully saturated rings. The first-order chi connectivity index (χ1) is 41.4. The first-order valence-electron chi connectivity index (χ1n) is 27.0. The number of hydrogen-bond acceptors (Lipinski definition) is 1. The van der Waals surface area contributed by atoms with Crippen LogP contribution in [0.25, 0.3) is 111 Å². The van der Waals surface area contributed by atoms with E-state index in [1.807, 2.05) is 88.4 Å². The fourth-order valence-electron chi connectivity index (χ4n) is 12.1. The minimum atomic E-state index is -5.41. The third kappa shape index (κ3) is 10.3. The van der Waals surface area contributed by atoms with Crippen LogP contribution in [0, 0.1) is 39.0 Å². The molecule has 0 spiro atoms. The molecule has 18 heteroatoms. The topological polar surface area (TPSA) is 33.6 Å². The highest BCUT2D eigenvalue weighted by Crippen LogP contribution is 2.50. The van der Waals surface area contributed by atoms with E-state index in [0.29, 0.717) is 46.1 Å². The lowest BCUT2D eigenvalue weighted by molar-refractivity contribution is -0.144. The number of aromatic nitrogens is 2. The van der Waals surface area contributed by atoms with Crippen molar-refractivity contribution >= 4 is 43.6 Å². The van der Waals surface area contributed by atoms with Gasteiger partial charge in [-0.05, 0) is 186 Å². The zero-order valence-corrected chi connectivity index (χ0v) is 46.3. The summed E-state index contributed by atoms with van der Waals surface area (Å²) in [7, 11) is 0. The third-order valence-corrected chi connectivity index (χ3v) is 16.0. The summed E-state index contributed by atoms with van der Waals surface area (Å²) in [5.41, 5.74) is -2.66. The van der Waals surface area contributed by atoms with Gasteiger partial charge < -0.3 is 9.13 Å². The zero-order valence-electron chi connectivity index (χ0n) is 46.3. The lowest BCUT2D eigenvalue weighted by atomic mass is 9.94. The average molecular weight is 1210 g/mol. The zero-order chi connectivity index (χ0) is 62.9. The van der Waals surface area contributed by atoms with Gasteiger partial charge in [0.1, 0.15) is 0 Å². The lowest BCUT2D eigenvalue weighted by Crippen LogP contribution is -2.13. The molecule has 2 heterocycles. The summed E-state index contributed by atoms with van der Waals surface area (Å²) in [6.07, 6.45) is -26.5. The highest BCUT2D eigenvalue weighted by atomic mass is 19.4. The van der Waals surface area contributed by atoms with Gasteiger partial charge in [-0.1, -0.05) is 96.1 Å². The predicted molar refractivity (Wildman–Crippen MR) is 311 cm³/mol. The second-order valence-electron chi connectivity index (χ2n) is 21.8. The fraction of sp³-hybridized carbons (Fsp3) is 0.129. The van der Waals surface area contributed by atoms with Crippen molar-refractivity contribution in [2.45, 2.75) is 58.6 Å². The van der Waals surface area contributed by atoms with Crippen molar-refractivity contribution in [3.05, 3.63) is 238 Å². The van der Waals surface area contributed by atoms with E-state index in [9.17, 15) is 57.9 Å². The van der Waals surface area contributed by atoms with Gasteiger partial charge in [0.25, 0.3) is 0 Å². The lowest BCUT2D eigenvalue weighted by Gasteiger charge is -2.22. The summed E-state index contributed by atoms with van der Waals surface area (Å²) in [4.78, 5) is 0. The molecule has 3 nitrogen and oxygen atoms in total. The number of benzene rings is 10. The molecule has 0 bridgehead atoms. The van der Waals surface area contributed by atoms with Crippen LogP contribution in [0.5, 0.6) is 0 Å². The largest absolute Gasteiger partial charge is 0.418 e. The smallest absolute Gasteiger partial charge is 0.309 e. The molecule has 2 aromatic heterocycles. The number of nitrogens with zero attached hydrogens (tertiary/aromatic N) is 3. The van der Waals surface area contributed by atoms with Crippen molar-refractivity contribution in [3.63, 3.8) is 0 Å². The van der Waals surface area contributed by atoms with Crippen LogP contribution in [0.4, 0.5) is 65.9 Å². The Morgan fingerprint density at radius 2 is 0.670 bits per heavy atom. The molecule has 0 unspecified atom stereocenters. The Balaban J connectivity index is 1.19. The number of nitriles is 1. The first kappa shape index (κ1) is 58.6. The van der Waals surface area contributed by atoms with Crippen molar-refractivity contribution < 1.29 is 65.9 Å². The quantitative estimate of drug-likeness (QED) is 0.146. The van der Waals surface area contributed by atoms with E-state index in [2.05, 4.69) is 6.07 Å². The maximum atomic E-state index is 16.6. The van der Waals surface area contributed by atoms with Crippen molar-refractivity contribution in [3.8, 4) is 73.1 Å². The number of rotatable bonds is 7. The molecule has 442 valence electrons. The standard InChI is InChI=1S/C70H42F15N3/c1-36-8-16-48(38(3)24-36)42-10-20-60-53(27-42)54-28-43(49-17-9-37(2)25-39(49)4)11-21-61(54)87(60)64-34-59(70(83,84)85)65(33-52(64)41-7-5-6-40(26-41)35-86)88-62-22-12-44(50-18-14-46(66(71,72)73)31-57(50)68(77,78)79)29-55(62)56-30-45(13-23-63(56)88)51-19-15-47(67(74,75)76)32-58(51)69(80,81)82/h5-34H,1-4H3. The molecule has 10 aromatic carbocycles. The molecule has 0 aliphatic carbocycles. The Bertz CT molecular complexity index is 4660. The van der Waals surface area contributed by atoms with Crippen LogP contribution in [0.2, 0.25) is 0 Å². The van der Waals surface area contributed by atoms with Crippen LogP contribution in [0.3, 0.4) is 0 Å².